The first-order valence-corrected chi connectivity index (χ1v) is 10.6. The molecule has 1 aromatic heterocycles. The lowest BCUT2D eigenvalue weighted by atomic mass is 9.84. The molecule has 1 fully saturated rings. The Hall–Kier alpha value is -2.63. The average Bonchev–Trinajstić information content (AvgIpc) is 2.74. The van der Waals surface area contributed by atoms with Crippen LogP contribution >= 0.6 is 11.6 Å². The molecule has 2 aromatic carbocycles. The van der Waals surface area contributed by atoms with Crippen LogP contribution in [0.25, 0.3) is 10.8 Å². The van der Waals surface area contributed by atoms with E-state index in [1.807, 2.05) is 44.2 Å². The summed E-state index contributed by atoms with van der Waals surface area (Å²) >= 11 is 5.96. The summed E-state index contributed by atoms with van der Waals surface area (Å²) in [6, 6.07) is 14.4. The van der Waals surface area contributed by atoms with E-state index in [0.717, 1.165) is 5.56 Å². The fourth-order valence-electron chi connectivity index (χ4n) is 4.16. The van der Waals surface area contributed by atoms with Crippen molar-refractivity contribution in [1.29, 1.82) is 0 Å². The van der Waals surface area contributed by atoms with Gasteiger partial charge in [-0.1, -0.05) is 41.9 Å². The Morgan fingerprint density at radius 3 is 2.23 bits per heavy atom. The number of amides is 1. The Kier molecular flexibility index (Phi) is 5.43. The Balaban J connectivity index is 1.63. The summed E-state index contributed by atoms with van der Waals surface area (Å²) in [5.74, 6) is -0.112. The second-order valence-corrected chi connectivity index (χ2v) is 8.66. The Labute approximate surface area is 180 Å². The number of pyridine rings is 1. The third-order valence-electron chi connectivity index (χ3n) is 6.00. The van der Waals surface area contributed by atoms with Crippen molar-refractivity contribution in [2.75, 3.05) is 13.1 Å². The number of carbonyl (C=O) groups excluding carboxylic acids is 1. The summed E-state index contributed by atoms with van der Waals surface area (Å²) in [6.45, 7) is 4.73. The predicted molar refractivity (Wildman–Crippen MR) is 119 cm³/mol. The van der Waals surface area contributed by atoms with Gasteiger partial charge in [0.2, 0.25) is 0 Å². The van der Waals surface area contributed by atoms with Gasteiger partial charge in [0.15, 0.2) is 0 Å². The number of piperidine rings is 1. The summed E-state index contributed by atoms with van der Waals surface area (Å²) in [5, 5.41) is 12.9. The Morgan fingerprint density at radius 1 is 1.03 bits per heavy atom. The first kappa shape index (κ1) is 20.6. The summed E-state index contributed by atoms with van der Waals surface area (Å²) in [6.07, 6.45) is 2.57. The molecule has 5 nitrogen and oxygen atoms in total. The molecular weight excluding hydrogens is 400 g/mol. The predicted octanol–water partition coefficient (Wildman–Crippen LogP) is 4.36. The van der Waals surface area contributed by atoms with E-state index in [1.54, 1.807) is 33.9 Å². The van der Waals surface area contributed by atoms with Crippen LogP contribution in [-0.2, 0) is 5.60 Å². The van der Waals surface area contributed by atoms with Crippen molar-refractivity contribution in [3.8, 4) is 0 Å². The number of carbonyl (C=O) groups is 1. The minimum absolute atomic E-state index is 0.0509. The van der Waals surface area contributed by atoms with Gasteiger partial charge < -0.3 is 14.6 Å². The topological polar surface area (TPSA) is 62.5 Å². The highest BCUT2D eigenvalue weighted by Crippen LogP contribution is 2.34. The SMILES string of the molecule is CC(C)n1cc(C(=O)N2CCC(O)(c3ccc(Cl)cc3)CC2)c2ccccc2c1=O. The molecule has 0 radical (unpaired) electrons. The number of aromatic nitrogens is 1. The molecule has 0 spiro atoms. The van der Waals surface area contributed by atoms with Crippen LogP contribution in [0, 0.1) is 0 Å². The molecule has 1 saturated heterocycles. The van der Waals surface area contributed by atoms with Gasteiger partial charge in [-0.2, -0.15) is 0 Å². The van der Waals surface area contributed by atoms with Gasteiger partial charge in [-0.15, -0.1) is 0 Å². The number of rotatable bonds is 3. The molecule has 30 heavy (non-hydrogen) atoms. The molecule has 0 aliphatic carbocycles. The number of halogens is 1. The van der Waals surface area contributed by atoms with Gasteiger partial charge in [0.05, 0.1) is 11.2 Å². The molecule has 0 bridgehead atoms. The van der Waals surface area contributed by atoms with Crippen molar-refractivity contribution in [1.82, 2.24) is 9.47 Å². The van der Waals surface area contributed by atoms with E-state index in [1.165, 1.54) is 0 Å². The van der Waals surface area contributed by atoms with Gasteiger partial charge >= 0.3 is 0 Å². The average molecular weight is 425 g/mol. The van der Waals surface area contributed by atoms with Gasteiger partial charge in [-0.05, 0) is 50.5 Å². The van der Waals surface area contributed by atoms with Gasteiger partial charge in [0, 0.05) is 41.1 Å². The maximum absolute atomic E-state index is 13.4. The molecular formula is C24H25ClN2O3. The molecule has 1 aliphatic rings. The summed E-state index contributed by atoms with van der Waals surface area (Å²) in [4.78, 5) is 28.0. The highest BCUT2D eigenvalue weighted by molar-refractivity contribution is 6.30. The van der Waals surface area contributed by atoms with Crippen molar-refractivity contribution >= 4 is 28.3 Å². The monoisotopic (exact) mass is 424 g/mol. The lowest BCUT2D eigenvalue weighted by Gasteiger charge is -2.38. The zero-order valence-corrected chi connectivity index (χ0v) is 17.9. The molecule has 0 saturated carbocycles. The molecule has 6 heteroatoms. The first-order valence-electron chi connectivity index (χ1n) is 10.2. The second-order valence-electron chi connectivity index (χ2n) is 8.23. The number of hydrogen-bond donors (Lipinski definition) is 1. The minimum Gasteiger partial charge on any atom is -0.385 e. The largest absolute Gasteiger partial charge is 0.385 e. The van der Waals surface area contributed by atoms with Gasteiger partial charge in [0.25, 0.3) is 11.5 Å². The number of benzene rings is 2. The molecule has 3 aromatic rings. The third-order valence-corrected chi connectivity index (χ3v) is 6.25. The normalized spacial score (nSPS) is 16.2. The molecule has 2 heterocycles. The van der Waals surface area contributed by atoms with Crippen LogP contribution < -0.4 is 5.56 Å². The van der Waals surface area contributed by atoms with Crippen LogP contribution in [0.2, 0.25) is 5.02 Å². The van der Waals surface area contributed by atoms with Crippen LogP contribution in [0.3, 0.4) is 0 Å². The van der Waals surface area contributed by atoms with E-state index in [0.29, 0.717) is 47.3 Å². The summed E-state index contributed by atoms with van der Waals surface area (Å²) in [5.41, 5.74) is 0.279. The number of nitrogens with zero attached hydrogens (tertiary/aromatic N) is 2. The molecule has 156 valence electrons. The van der Waals surface area contributed by atoms with Crippen LogP contribution in [-0.4, -0.2) is 33.6 Å². The van der Waals surface area contributed by atoms with E-state index < -0.39 is 5.60 Å². The fraction of sp³-hybridized carbons (Fsp3) is 0.333. The van der Waals surface area contributed by atoms with Gasteiger partial charge in [0.1, 0.15) is 0 Å². The Morgan fingerprint density at radius 2 is 1.63 bits per heavy atom. The number of hydrogen-bond acceptors (Lipinski definition) is 3. The fourth-order valence-corrected chi connectivity index (χ4v) is 4.29. The highest BCUT2D eigenvalue weighted by Gasteiger charge is 2.36. The van der Waals surface area contributed by atoms with Crippen molar-refractivity contribution in [2.24, 2.45) is 0 Å². The van der Waals surface area contributed by atoms with Crippen molar-refractivity contribution < 1.29 is 9.90 Å². The van der Waals surface area contributed by atoms with Crippen molar-refractivity contribution in [2.45, 2.75) is 38.3 Å². The third kappa shape index (κ3) is 3.64. The van der Waals surface area contributed by atoms with E-state index in [-0.39, 0.29) is 17.5 Å². The highest BCUT2D eigenvalue weighted by atomic mass is 35.5. The van der Waals surface area contributed by atoms with E-state index in [2.05, 4.69) is 0 Å². The lowest BCUT2D eigenvalue weighted by molar-refractivity contribution is -0.0211. The molecule has 1 aliphatic heterocycles. The van der Waals surface area contributed by atoms with Gasteiger partial charge in [-0.25, -0.2) is 0 Å². The molecule has 0 atom stereocenters. The van der Waals surface area contributed by atoms with E-state index in [4.69, 9.17) is 11.6 Å². The van der Waals surface area contributed by atoms with E-state index >= 15 is 0 Å². The first-order chi connectivity index (χ1) is 14.3. The number of aliphatic hydroxyl groups is 1. The Bertz CT molecular complexity index is 1140. The smallest absolute Gasteiger partial charge is 0.258 e. The number of fused-ring (bicyclic) bond motifs is 1. The standard InChI is InChI=1S/C24H25ClN2O3/c1-16(2)27-15-21(19-5-3-4-6-20(19)23(27)29)22(28)26-13-11-24(30,12-14-26)17-7-9-18(25)10-8-17/h3-10,15-16,30H,11-14H2,1-2H3. The quantitative estimate of drug-likeness (QED) is 0.679. The maximum atomic E-state index is 13.4. The number of likely N-dealkylation sites (tertiary alicyclic amines) is 1. The molecule has 1 N–H and O–H groups in total. The van der Waals surface area contributed by atoms with Crippen molar-refractivity contribution in [3.05, 3.63) is 81.2 Å². The molecule has 4 rings (SSSR count). The zero-order chi connectivity index (χ0) is 21.5. The van der Waals surface area contributed by atoms with Crippen molar-refractivity contribution in [3.63, 3.8) is 0 Å². The van der Waals surface area contributed by atoms with E-state index in [9.17, 15) is 14.7 Å². The minimum atomic E-state index is -0.972. The van der Waals surface area contributed by atoms with Crippen LogP contribution in [0.15, 0.2) is 59.5 Å². The van der Waals surface area contributed by atoms with Gasteiger partial charge in [-0.3, -0.25) is 9.59 Å². The zero-order valence-electron chi connectivity index (χ0n) is 17.1. The second kappa shape index (κ2) is 7.89. The summed E-state index contributed by atoms with van der Waals surface area (Å²) in [7, 11) is 0. The maximum Gasteiger partial charge on any atom is 0.258 e. The summed E-state index contributed by atoms with van der Waals surface area (Å²) < 4.78 is 1.61. The molecule has 1 amide bonds. The van der Waals surface area contributed by atoms with Crippen LogP contribution in [0.4, 0.5) is 0 Å². The van der Waals surface area contributed by atoms with Crippen LogP contribution in [0.5, 0.6) is 0 Å². The van der Waals surface area contributed by atoms with Crippen LogP contribution in [0.1, 0.15) is 48.7 Å². The lowest BCUT2D eigenvalue weighted by Crippen LogP contribution is -2.45. The molecule has 0 unspecified atom stereocenters.